The Morgan fingerprint density at radius 3 is 2.16 bits per heavy atom. The minimum absolute atomic E-state index is 0.0934. The largest absolute Gasteiger partial charge is 0.493 e. The van der Waals surface area contributed by atoms with Crippen molar-refractivity contribution in [3.05, 3.63) is 71.3 Å². The van der Waals surface area contributed by atoms with Gasteiger partial charge in [0.1, 0.15) is 6.61 Å². The van der Waals surface area contributed by atoms with Crippen molar-refractivity contribution in [3.63, 3.8) is 0 Å². The number of carbonyl (C=O) groups excluding carboxylic acids is 3. The number of methoxy groups -OCH3 is 2. The molecule has 0 N–H and O–H groups in total. The third-order valence-corrected chi connectivity index (χ3v) is 5.47. The van der Waals surface area contributed by atoms with Gasteiger partial charge >= 0.3 is 5.97 Å². The van der Waals surface area contributed by atoms with Crippen LogP contribution in [0.2, 0.25) is 0 Å². The quantitative estimate of drug-likeness (QED) is 0.395. The number of carbonyl (C=O) groups is 3. The van der Waals surface area contributed by atoms with Crippen LogP contribution in [0.15, 0.2) is 54.6 Å². The average Bonchev–Trinajstić information content (AvgIpc) is 2.82. The molecular formula is C25H23NO6. The molecule has 32 heavy (non-hydrogen) atoms. The molecule has 0 fully saturated rings. The van der Waals surface area contributed by atoms with Gasteiger partial charge in [-0.05, 0) is 41.6 Å². The van der Waals surface area contributed by atoms with E-state index in [9.17, 15) is 14.4 Å². The second-order valence-corrected chi connectivity index (χ2v) is 7.42. The molecule has 0 aromatic heterocycles. The van der Waals surface area contributed by atoms with E-state index in [1.165, 1.54) is 12.0 Å². The number of hydrogen-bond acceptors (Lipinski definition) is 6. The Kier molecular flexibility index (Phi) is 6.07. The van der Waals surface area contributed by atoms with Crippen molar-refractivity contribution >= 4 is 28.6 Å². The first-order valence-corrected chi connectivity index (χ1v) is 10.3. The predicted octanol–water partition coefficient (Wildman–Crippen LogP) is 3.98. The zero-order chi connectivity index (χ0) is 22.7. The molecule has 7 nitrogen and oxygen atoms in total. The van der Waals surface area contributed by atoms with Gasteiger partial charge in [-0.15, -0.1) is 0 Å². The Morgan fingerprint density at radius 2 is 1.53 bits per heavy atom. The maximum Gasteiger partial charge on any atom is 0.306 e. The third-order valence-electron chi connectivity index (χ3n) is 5.47. The summed E-state index contributed by atoms with van der Waals surface area (Å²) in [5, 5.41) is 1.55. The number of imide groups is 1. The van der Waals surface area contributed by atoms with E-state index >= 15 is 0 Å². The minimum atomic E-state index is -0.404. The molecule has 0 bridgehead atoms. The fraction of sp³-hybridized carbons (Fsp3) is 0.240. The Morgan fingerprint density at radius 1 is 0.875 bits per heavy atom. The van der Waals surface area contributed by atoms with Crippen molar-refractivity contribution in [2.75, 3.05) is 20.8 Å². The van der Waals surface area contributed by atoms with Crippen LogP contribution in [-0.4, -0.2) is 43.4 Å². The lowest BCUT2D eigenvalue weighted by Gasteiger charge is -2.27. The third kappa shape index (κ3) is 4.01. The van der Waals surface area contributed by atoms with Gasteiger partial charge in [-0.3, -0.25) is 19.3 Å². The first kappa shape index (κ1) is 21.4. The van der Waals surface area contributed by atoms with Gasteiger partial charge < -0.3 is 14.2 Å². The van der Waals surface area contributed by atoms with E-state index in [0.29, 0.717) is 34.4 Å². The molecule has 0 unspecified atom stereocenters. The number of rotatable bonds is 8. The molecule has 164 valence electrons. The summed E-state index contributed by atoms with van der Waals surface area (Å²) >= 11 is 0. The number of esters is 1. The second kappa shape index (κ2) is 9.09. The van der Waals surface area contributed by atoms with E-state index in [1.807, 2.05) is 12.1 Å². The minimum Gasteiger partial charge on any atom is -0.493 e. The van der Waals surface area contributed by atoms with Crippen molar-refractivity contribution in [2.24, 2.45) is 0 Å². The van der Waals surface area contributed by atoms with Gasteiger partial charge in [0.2, 0.25) is 0 Å². The van der Waals surface area contributed by atoms with Crippen LogP contribution in [0.1, 0.15) is 39.1 Å². The average molecular weight is 433 g/mol. The van der Waals surface area contributed by atoms with Crippen molar-refractivity contribution in [3.8, 4) is 11.5 Å². The molecule has 3 aromatic rings. The molecule has 0 spiro atoms. The summed E-state index contributed by atoms with van der Waals surface area (Å²) in [6.45, 7) is 0.240. The lowest BCUT2D eigenvalue weighted by Crippen LogP contribution is -2.41. The van der Waals surface area contributed by atoms with Gasteiger partial charge in [-0.2, -0.15) is 0 Å². The molecule has 1 aliphatic heterocycles. The molecular weight excluding hydrogens is 410 g/mol. The van der Waals surface area contributed by atoms with E-state index in [2.05, 4.69) is 0 Å². The van der Waals surface area contributed by atoms with Gasteiger partial charge in [-0.1, -0.05) is 30.3 Å². The van der Waals surface area contributed by atoms with Crippen molar-refractivity contribution < 1.29 is 28.6 Å². The molecule has 0 aliphatic carbocycles. The van der Waals surface area contributed by atoms with Gasteiger partial charge in [0, 0.05) is 29.5 Å². The second-order valence-electron chi connectivity index (χ2n) is 7.42. The molecule has 0 saturated carbocycles. The number of hydrogen-bond donors (Lipinski definition) is 0. The molecule has 3 aromatic carbocycles. The summed E-state index contributed by atoms with van der Waals surface area (Å²) in [7, 11) is 3.09. The van der Waals surface area contributed by atoms with Gasteiger partial charge in [0.15, 0.2) is 11.5 Å². The van der Waals surface area contributed by atoms with Crippen molar-refractivity contribution in [2.45, 2.75) is 19.4 Å². The Balaban J connectivity index is 1.34. The number of ether oxygens (including phenoxy) is 3. The Hall–Kier alpha value is -3.87. The maximum atomic E-state index is 12.9. The van der Waals surface area contributed by atoms with Crippen LogP contribution in [-0.2, 0) is 16.1 Å². The van der Waals surface area contributed by atoms with Crippen LogP contribution in [0.4, 0.5) is 0 Å². The maximum absolute atomic E-state index is 12.9. The molecule has 0 atom stereocenters. The fourth-order valence-corrected chi connectivity index (χ4v) is 3.87. The summed E-state index contributed by atoms with van der Waals surface area (Å²) in [6.07, 6.45) is 0.413. The monoisotopic (exact) mass is 433 g/mol. The first-order chi connectivity index (χ1) is 15.5. The lowest BCUT2D eigenvalue weighted by molar-refractivity contribution is -0.145. The van der Waals surface area contributed by atoms with Crippen molar-refractivity contribution in [1.29, 1.82) is 0 Å². The van der Waals surface area contributed by atoms with Gasteiger partial charge in [0.25, 0.3) is 11.8 Å². The van der Waals surface area contributed by atoms with Gasteiger partial charge in [-0.25, -0.2) is 0 Å². The lowest BCUT2D eigenvalue weighted by atomic mass is 9.94. The summed E-state index contributed by atoms with van der Waals surface area (Å²) in [4.78, 5) is 39.2. The van der Waals surface area contributed by atoms with Gasteiger partial charge in [0.05, 0.1) is 14.2 Å². The standard InChI is InChI=1S/C25H23NO6/c1-30-20-12-11-16(14-21(20)31-2)15-32-22(27)10-5-13-26-24(28)18-8-3-6-17-7-4-9-19(23(17)18)25(26)29/h3-4,6-9,11-12,14H,5,10,13,15H2,1-2H3. The van der Waals surface area contributed by atoms with E-state index in [4.69, 9.17) is 14.2 Å². The smallest absolute Gasteiger partial charge is 0.306 e. The van der Waals surface area contributed by atoms with Crippen LogP contribution < -0.4 is 9.47 Å². The van der Waals surface area contributed by atoms with Crippen LogP contribution in [0.25, 0.3) is 10.8 Å². The Bertz CT molecular complexity index is 1150. The van der Waals surface area contributed by atoms with E-state index in [1.54, 1.807) is 49.6 Å². The van der Waals surface area contributed by atoms with E-state index in [-0.39, 0.29) is 31.4 Å². The number of benzene rings is 3. The van der Waals surface area contributed by atoms with Crippen LogP contribution in [0.3, 0.4) is 0 Å². The van der Waals surface area contributed by atoms with E-state index < -0.39 is 5.97 Å². The first-order valence-electron chi connectivity index (χ1n) is 10.3. The summed E-state index contributed by atoms with van der Waals surface area (Å²) in [6, 6.07) is 16.1. The van der Waals surface area contributed by atoms with Crippen molar-refractivity contribution in [1.82, 2.24) is 4.90 Å². The zero-order valence-corrected chi connectivity index (χ0v) is 17.9. The van der Waals surface area contributed by atoms with E-state index in [0.717, 1.165) is 10.9 Å². The molecule has 1 aliphatic rings. The molecule has 0 radical (unpaired) electrons. The predicted molar refractivity (Wildman–Crippen MR) is 118 cm³/mol. The molecule has 0 saturated heterocycles. The highest BCUT2D eigenvalue weighted by Crippen LogP contribution is 2.30. The number of nitrogens with zero attached hydrogens (tertiary/aromatic N) is 1. The summed E-state index contributed by atoms with van der Waals surface area (Å²) in [5.74, 6) is 0.0735. The highest BCUT2D eigenvalue weighted by Gasteiger charge is 2.32. The molecule has 7 heteroatoms. The topological polar surface area (TPSA) is 82.1 Å². The van der Waals surface area contributed by atoms with Crippen LogP contribution >= 0.6 is 0 Å². The highest BCUT2D eigenvalue weighted by atomic mass is 16.5. The molecule has 1 heterocycles. The van der Waals surface area contributed by atoms with Crippen LogP contribution in [0, 0.1) is 0 Å². The normalized spacial score (nSPS) is 12.8. The zero-order valence-electron chi connectivity index (χ0n) is 17.9. The summed E-state index contributed by atoms with van der Waals surface area (Å²) < 4.78 is 15.8. The highest BCUT2D eigenvalue weighted by molar-refractivity contribution is 6.25. The Labute approximate surface area is 185 Å². The number of amides is 2. The molecule has 4 rings (SSSR count). The summed E-state index contributed by atoms with van der Waals surface area (Å²) in [5.41, 5.74) is 1.78. The fourth-order valence-electron chi connectivity index (χ4n) is 3.87. The van der Waals surface area contributed by atoms with Crippen LogP contribution in [0.5, 0.6) is 11.5 Å². The molecule has 2 amide bonds. The SMILES string of the molecule is COc1ccc(COC(=O)CCCN2C(=O)c3cccc4cccc(c34)C2=O)cc1OC.